The first-order valence-electron chi connectivity index (χ1n) is 7.42. The highest BCUT2D eigenvalue weighted by molar-refractivity contribution is 5.64. The second-order valence-electron chi connectivity index (χ2n) is 4.65. The summed E-state index contributed by atoms with van der Waals surface area (Å²) in [7, 11) is 0. The van der Waals surface area contributed by atoms with E-state index in [1.54, 1.807) is 0 Å². The fraction of sp³-hybridized carbons (Fsp3) is 0.200. The molecule has 1 aliphatic carbocycles. The van der Waals surface area contributed by atoms with Crippen LogP contribution in [0.5, 0.6) is 0 Å². The summed E-state index contributed by atoms with van der Waals surface area (Å²) in [6.07, 6.45) is 9.89. The molecular formula is C20H22. The fourth-order valence-electron chi connectivity index (χ4n) is 2.41. The quantitative estimate of drug-likeness (QED) is 0.624. The van der Waals surface area contributed by atoms with Crippen LogP contribution in [0.25, 0.3) is 11.1 Å². The van der Waals surface area contributed by atoms with E-state index < -0.39 is 0 Å². The summed E-state index contributed by atoms with van der Waals surface area (Å²) in [5.41, 5.74) is 3.99. The van der Waals surface area contributed by atoms with Crippen LogP contribution in [0.1, 0.15) is 31.7 Å². The van der Waals surface area contributed by atoms with Crippen molar-refractivity contribution >= 4 is 0 Å². The number of rotatable bonds is 2. The smallest absolute Gasteiger partial charge is 0.00559 e. The van der Waals surface area contributed by atoms with E-state index >= 15 is 0 Å². The van der Waals surface area contributed by atoms with Crippen molar-refractivity contribution in [1.82, 2.24) is 0 Å². The predicted octanol–water partition coefficient (Wildman–Crippen LogP) is 5.98. The van der Waals surface area contributed by atoms with Gasteiger partial charge in [-0.1, -0.05) is 92.7 Å². The van der Waals surface area contributed by atoms with Gasteiger partial charge in [0.25, 0.3) is 0 Å². The minimum Gasteiger partial charge on any atom is -0.0836 e. The molecule has 0 fully saturated rings. The SMILES string of the molecule is C1=CCC(c2cccc(-c3ccccc3)c2)C=C1.CC. The lowest BCUT2D eigenvalue weighted by atomic mass is 9.90. The van der Waals surface area contributed by atoms with Crippen molar-refractivity contribution in [3.8, 4) is 11.1 Å². The van der Waals surface area contributed by atoms with Gasteiger partial charge in [0.15, 0.2) is 0 Å². The zero-order chi connectivity index (χ0) is 14.2. The highest BCUT2D eigenvalue weighted by atomic mass is 14.1. The molecule has 0 heterocycles. The summed E-state index contributed by atoms with van der Waals surface area (Å²) >= 11 is 0. The van der Waals surface area contributed by atoms with Gasteiger partial charge in [0, 0.05) is 5.92 Å². The third kappa shape index (κ3) is 3.48. The number of hydrogen-bond acceptors (Lipinski definition) is 0. The first-order valence-corrected chi connectivity index (χ1v) is 7.42. The van der Waals surface area contributed by atoms with E-state index in [0.29, 0.717) is 5.92 Å². The molecule has 0 radical (unpaired) electrons. The Balaban J connectivity index is 0.000000704. The van der Waals surface area contributed by atoms with E-state index in [-0.39, 0.29) is 0 Å². The molecular weight excluding hydrogens is 240 g/mol. The van der Waals surface area contributed by atoms with Gasteiger partial charge < -0.3 is 0 Å². The third-order valence-corrected chi connectivity index (χ3v) is 3.40. The van der Waals surface area contributed by atoms with Gasteiger partial charge in [0.05, 0.1) is 0 Å². The summed E-state index contributed by atoms with van der Waals surface area (Å²) in [6, 6.07) is 19.4. The van der Waals surface area contributed by atoms with E-state index in [4.69, 9.17) is 0 Å². The second-order valence-corrected chi connectivity index (χ2v) is 4.65. The van der Waals surface area contributed by atoms with Gasteiger partial charge in [-0.2, -0.15) is 0 Å². The van der Waals surface area contributed by atoms with Crippen molar-refractivity contribution in [2.24, 2.45) is 0 Å². The Morgan fingerprint density at radius 1 is 0.800 bits per heavy atom. The Hall–Kier alpha value is -2.08. The number of hydrogen-bond donors (Lipinski definition) is 0. The Morgan fingerprint density at radius 3 is 2.25 bits per heavy atom. The van der Waals surface area contributed by atoms with Crippen LogP contribution in [0, 0.1) is 0 Å². The van der Waals surface area contributed by atoms with Crippen LogP contribution in [0.2, 0.25) is 0 Å². The molecule has 0 nitrogen and oxygen atoms in total. The monoisotopic (exact) mass is 262 g/mol. The van der Waals surface area contributed by atoms with Crippen LogP contribution in [-0.4, -0.2) is 0 Å². The van der Waals surface area contributed by atoms with Crippen molar-refractivity contribution in [3.63, 3.8) is 0 Å². The van der Waals surface area contributed by atoms with Gasteiger partial charge in [0.2, 0.25) is 0 Å². The maximum atomic E-state index is 2.31. The largest absolute Gasteiger partial charge is 0.0836 e. The van der Waals surface area contributed by atoms with Gasteiger partial charge in [-0.3, -0.25) is 0 Å². The fourth-order valence-corrected chi connectivity index (χ4v) is 2.41. The molecule has 1 aliphatic rings. The molecule has 2 aromatic rings. The highest BCUT2D eigenvalue weighted by Gasteiger charge is 2.09. The molecule has 3 rings (SSSR count). The molecule has 0 saturated heterocycles. The zero-order valence-corrected chi connectivity index (χ0v) is 12.3. The zero-order valence-electron chi connectivity index (χ0n) is 12.3. The normalized spacial score (nSPS) is 16.4. The molecule has 2 aromatic carbocycles. The second kappa shape index (κ2) is 7.49. The Kier molecular flexibility index (Phi) is 5.37. The van der Waals surface area contributed by atoms with Crippen molar-refractivity contribution in [2.75, 3.05) is 0 Å². The maximum absolute atomic E-state index is 2.31. The van der Waals surface area contributed by atoms with Gasteiger partial charge in [-0.25, -0.2) is 0 Å². The third-order valence-electron chi connectivity index (χ3n) is 3.40. The Morgan fingerprint density at radius 2 is 1.55 bits per heavy atom. The van der Waals surface area contributed by atoms with Gasteiger partial charge in [0.1, 0.15) is 0 Å². The predicted molar refractivity (Wildman–Crippen MR) is 88.9 cm³/mol. The lowest BCUT2D eigenvalue weighted by Gasteiger charge is -2.14. The molecule has 0 heteroatoms. The van der Waals surface area contributed by atoms with Crippen molar-refractivity contribution in [3.05, 3.63) is 84.5 Å². The summed E-state index contributed by atoms with van der Waals surface area (Å²) in [5.74, 6) is 0.527. The summed E-state index contributed by atoms with van der Waals surface area (Å²) in [4.78, 5) is 0. The van der Waals surface area contributed by atoms with E-state index in [2.05, 4.69) is 78.9 Å². The van der Waals surface area contributed by atoms with Crippen molar-refractivity contribution in [2.45, 2.75) is 26.2 Å². The summed E-state index contributed by atoms with van der Waals surface area (Å²) in [5, 5.41) is 0. The molecule has 0 saturated carbocycles. The average Bonchev–Trinajstić information content (AvgIpc) is 2.58. The van der Waals surface area contributed by atoms with Crippen LogP contribution in [-0.2, 0) is 0 Å². The molecule has 0 N–H and O–H groups in total. The lowest BCUT2D eigenvalue weighted by Crippen LogP contribution is -1.96. The number of allylic oxidation sites excluding steroid dienone is 4. The molecule has 102 valence electrons. The first-order chi connectivity index (χ1) is 9.93. The van der Waals surface area contributed by atoms with Gasteiger partial charge in [-0.05, 0) is 23.1 Å². The van der Waals surface area contributed by atoms with E-state index in [0.717, 1.165) is 6.42 Å². The first kappa shape index (κ1) is 14.3. The molecule has 20 heavy (non-hydrogen) atoms. The molecule has 1 atom stereocenters. The minimum atomic E-state index is 0.527. The maximum Gasteiger partial charge on any atom is 0.00559 e. The van der Waals surface area contributed by atoms with Crippen LogP contribution in [0.3, 0.4) is 0 Å². The number of benzene rings is 2. The van der Waals surface area contributed by atoms with Crippen molar-refractivity contribution in [1.29, 1.82) is 0 Å². The van der Waals surface area contributed by atoms with Crippen molar-refractivity contribution < 1.29 is 0 Å². The average molecular weight is 262 g/mol. The van der Waals surface area contributed by atoms with Gasteiger partial charge >= 0.3 is 0 Å². The molecule has 0 bridgehead atoms. The van der Waals surface area contributed by atoms with Crippen LogP contribution in [0.4, 0.5) is 0 Å². The molecule has 0 aromatic heterocycles. The van der Waals surface area contributed by atoms with E-state index in [1.165, 1.54) is 16.7 Å². The summed E-state index contributed by atoms with van der Waals surface area (Å²) < 4.78 is 0. The molecule has 0 spiro atoms. The topological polar surface area (TPSA) is 0 Å². The Labute approximate surface area is 122 Å². The highest BCUT2D eigenvalue weighted by Crippen LogP contribution is 2.28. The van der Waals surface area contributed by atoms with Crippen LogP contribution < -0.4 is 0 Å². The molecule has 0 aliphatic heterocycles. The Bertz CT molecular complexity index is 576. The van der Waals surface area contributed by atoms with Crippen LogP contribution >= 0.6 is 0 Å². The minimum absolute atomic E-state index is 0.527. The standard InChI is InChI=1S/C18H16.C2H6/c1-3-8-15(9-4-1)17-12-7-13-18(14-17)16-10-5-2-6-11-16;1-2/h1-10,12-14,16H,11H2;1-2H3. The van der Waals surface area contributed by atoms with Gasteiger partial charge in [-0.15, -0.1) is 0 Å². The molecule has 0 amide bonds. The van der Waals surface area contributed by atoms with E-state index in [1.807, 2.05) is 13.8 Å². The molecule has 1 unspecified atom stereocenters. The van der Waals surface area contributed by atoms with E-state index in [9.17, 15) is 0 Å². The van der Waals surface area contributed by atoms with Crippen LogP contribution in [0.15, 0.2) is 78.9 Å². The summed E-state index contributed by atoms with van der Waals surface area (Å²) in [6.45, 7) is 4.00. The lowest BCUT2D eigenvalue weighted by molar-refractivity contribution is 0.854.